The van der Waals surface area contributed by atoms with E-state index in [2.05, 4.69) is 4.72 Å². The minimum absolute atomic E-state index is 0.169. The Morgan fingerprint density at radius 3 is 2.45 bits per heavy atom. The fraction of sp³-hybridized carbons (Fsp3) is 0.143. The third-order valence-electron chi connectivity index (χ3n) is 2.74. The summed E-state index contributed by atoms with van der Waals surface area (Å²) < 4.78 is 26.5. The Bertz CT molecular complexity index is 684. The van der Waals surface area contributed by atoms with Gasteiger partial charge in [0.05, 0.1) is 4.90 Å². The first kappa shape index (κ1) is 14.8. The number of phenolic OH excluding ortho intramolecular Hbond substituents is 1. The number of aromatic hydroxyl groups is 1. The van der Waals surface area contributed by atoms with Gasteiger partial charge in [0.1, 0.15) is 5.75 Å². The van der Waals surface area contributed by atoms with Crippen LogP contribution in [0, 0.1) is 0 Å². The highest BCUT2D eigenvalue weighted by molar-refractivity contribution is 7.89. The predicted molar refractivity (Wildman–Crippen MR) is 78.5 cm³/mol. The molecule has 0 aliphatic rings. The molecule has 0 saturated carbocycles. The fourth-order valence-corrected chi connectivity index (χ4v) is 2.90. The van der Waals surface area contributed by atoms with Gasteiger partial charge in [0.2, 0.25) is 10.0 Å². The third kappa shape index (κ3) is 3.96. The number of rotatable bonds is 5. The van der Waals surface area contributed by atoms with Gasteiger partial charge in [0.25, 0.3) is 0 Å². The molecule has 2 aromatic rings. The molecular formula is C14H14ClNO3S. The van der Waals surface area contributed by atoms with Crippen LogP contribution in [0.4, 0.5) is 0 Å². The van der Waals surface area contributed by atoms with Crippen LogP contribution in [0.25, 0.3) is 0 Å². The lowest BCUT2D eigenvalue weighted by atomic mass is 10.1. The Morgan fingerprint density at radius 1 is 1.10 bits per heavy atom. The molecule has 0 amide bonds. The lowest BCUT2D eigenvalue weighted by Crippen LogP contribution is -2.25. The molecule has 2 rings (SSSR count). The van der Waals surface area contributed by atoms with Gasteiger partial charge in [0.15, 0.2) is 0 Å². The molecular weight excluding hydrogens is 298 g/mol. The number of hydrogen-bond acceptors (Lipinski definition) is 3. The summed E-state index contributed by atoms with van der Waals surface area (Å²) >= 11 is 5.72. The van der Waals surface area contributed by atoms with E-state index in [-0.39, 0.29) is 17.2 Å². The zero-order valence-corrected chi connectivity index (χ0v) is 12.2. The van der Waals surface area contributed by atoms with Crippen LogP contribution in [0.1, 0.15) is 5.56 Å². The largest absolute Gasteiger partial charge is 0.508 e. The molecule has 0 unspecified atom stereocenters. The monoisotopic (exact) mass is 311 g/mol. The molecule has 0 atom stereocenters. The average molecular weight is 312 g/mol. The summed E-state index contributed by atoms with van der Waals surface area (Å²) in [4.78, 5) is 0.179. The van der Waals surface area contributed by atoms with Crippen LogP contribution in [0.2, 0.25) is 5.02 Å². The van der Waals surface area contributed by atoms with Crippen LogP contribution in [-0.2, 0) is 16.4 Å². The smallest absolute Gasteiger partial charge is 0.240 e. The second kappa shape index (κ2) is 6.26. The summed E-state index contributed by atoms with van der Waals surface area (Å²) in [7, 11) is -3.53. The predicted octanol–water partition coefficient (Wildman–Crippen LogP) is 2.57. The van der Waals surface area contributed by atoms with Crippen molar-refractivity contribution in [2.45, 2.75) is 11.3 Å². The summed E-state index contributed by atoms with van der Waals surface area (Å²) in [6, 6.07) is 12.7. The topological polar surface area (TPSA) is 66.4 Å². The van der Waals surface area contributed by atoms with E-state index in [9.17, 15) is 13.5 Å². The van der Waals surface area contributed by atoms with Crippen molar-refractivity contribution in [3.63, 3.8) is 0 Å². The molecule has 0 saturated heterocycles. The quantitative estimate of drug-likeness (QED) is 0.892. The molecule has 0 aliphatic carbocycles. The van der Waals surface area contributed by atoms with Crippen molar-refractivity contribution in [1.82, 2.24) is 4.72 Å². The maximum absolute atomic E-state index is 12.0. The number of hydrogen-bond donors (Lipinski definition) is 2. The number of benzene rings is 2. The Labute approximate surface area is 123 Å². The number of nitrogens with one attached hydrogen (secondary N) is 1. The lowest BCUT2D eigenvalue weighted by Gasteiger charge is -2.07. The Hall–Kier alpha value is -1.56. The molecule has 0 heterocycles. The molecule has 0 aromatic heterocycles. The van der Waals surface area contributed by atoms with Gasteiger partial charge in [-0.05, 0) is 48.4 Å². The highest BCUT2D eigenvalue weighted by Gasteiger charge is 2.12. The van der Waals surface area contributed by atoms with E-state index in [1.807, 2.05) is 6.07 Å². The second-order valence-electron chi connectivity index (χ2n) is 4.27. The van der Waals surface area contributed by atoms with E-state index in [4.69, 9.17) is 11.6 Å². The van der Waals surface area contributed by atoms with Crippen LogP contribution < -0.4 is 4.72 Å². The molecule has 2 aromatic carbocycles. The zero-order valence-electron chi connectivity index (χ0n) is 10.6. The Balaban J connectivity index is 1.98. The van der Waals surface area contributed by atoms with Gasteiger partial charge < -0.3 is 5.11 Å². The summed E-state index contributed by atoms with van der Waals surface area (Å²) in [5.41, 5.74) is 0.865. The van der Waals surface area contributed by atoms with Crippen molar-refractivity contribution in [1.29, 1.82) is 0 Å². The fourth-order valence-electron chi connectivity index (χ4n) is 1.74. The summed E-state index contributed by atoms with van der Waals surface area (Å²) in [6.45, 7) is 0.258. The first-order valence-corrected chi connectivity index (χ1v) is 7.87. The summed E-state index contributed by atoms with van der Waals surface area (Å²) in [5, 5.41) is 9.81. The molecule has 106 valence electrons. The SMILES string of the molecule is O=S(=O)(NCCc1cccc(O)c1)c1ccc(Cl)cc1. The summed E-state index contributed by atoms with van der Waals surface area (Å²) in [6.07, 6.45) is 0.501. The molecule has 6 heteroatoms. The maximum atomic E-state index is 12.0. The van der Waals surface area contributed by atoms with Crippen LogP contribution in [0.5, 0.6) is 5.75 Å². The van der Waals surface area contributed by atoms with Gasteiger partial charge in [-0.2, -0.15) is 0 Å². The van der Waals surface area contributed by atoms with Gasteiger partial charge in [-0.3, -0.25) is 0 Å². The van der Waals surface area contributed by atoms with Crippen molar-refractivity contribution in [3.8, 4) is 5.75 Å². The zero-order chi connectivity index (χ0) is 14.6. The maximum Gasteiger partial charge on any atom is 0.240 e. The minimum Gasteiger partial charge on any atom is -0.508 e. The molecule has 0 aliphatic heterocycles. The summed E-state index contributed by atoms with van der Waals surface area (Å²) in [5.74, 6) is 0.169. The van der Waals surface area contributed by atoms with E-state index in [1.54, 1.807) is 18.2 Å². The van der Waals surface area contributed by atoms with Gasteiger partial charge in [0, 0.05) is 11.6 Å². The molecule has 4 nitrogen and oxygen atoms in total. The number of halogens is 1. The van der Waals surface area contributed by atoms with Crippen LogP contribution in [0.3, 0.4) is 0 Å². The van der Waals surface area contributed by atoms with Crippen molar-refractivity contribution < 1.29 is 13.5 Å². The van der Waals surface area contributed by atoms with Crippen LogP contribution in [0.15, 0.2) is 53.4 Å². The number of sulfonamides is 1. The molecule has 20 heavy (non-hydrogen) atoms. The molecule has 2 N–H and O–H groups in total. The van der Waals surface area contributed by atoms with Gasteiger partial charge in [-0.1, -0.05) is 23.7 Å². The van der Waals surface area contributed by atoms with E-state index < -0.39 is 10.0 Å². The van der Waals surface area contributed by atoms with Crippen molar-refractivity contribution in [2.24, 2.45) is 0 Å². The van der Waals surface area contributed by atoms with Gasteiger partial charge >= 0.3 is 0 Å². The van der Waals surface area contributed by atoms with Gasteiger partial charge in [-0.15, -0.1) is 0 Å². The van der Waals surface area contributed by atoms with E-state index in [0.29, 0.717) is 11.4 Å². The normalized spacial score (nSPS) is 11.4. The average Bonchev–Trinajstić information content (AvgIpc) is 2.39. The van der Waals surface area contributed by atoms with Crippen molar-refractivity contribution in [2.75, 3.05) is 6.54 Å². The van der Waals surface area contributed by atoms with Crippen molar-refractivity contribution in [3.05, 3.63) is 59.1 Å². The molecule has 0 radical (unpaired) electrons. The first-order chi connectivity index (χ1) is 9.47. The van der Waals surface area contributed by atoms with Crippen molar-refractivity contribution >= 4 is 21.6 Å². The third-order valence-corrected chi connectivity index (χ3v) is 4.47. The highest BCUT2D eigenvalue weighted by Crippen LogP contribution is 2.14. The highest BCUT2D eigenvalue weighted by atomic mass is 35.5. The van der Waals surface area contributed by atoms with E-state index in [1.165, 1.54) is 24.3 Å². The van der Waals surface area contributed by atoms with E-state index in [0.717, 1.165) is 5.56 Å². The molecule has 0 bridgehead atoms. The lowest BCUT2D eigenvalue weighted by molar-refractivity contribution is 0.474. The number of phenols is 1. The van der Waals surface area contributed by atoms with Gasteiger partial charge in [-0.25, -0.2) is 13.1 Å². The van der Waals surface area contributed by atoms with Crippen LogP contribution in [-0.4, -0.2) is 20.1 Å². The minimum atomic E-state index is -3.53. The van der Waals surface area contributed by atoms with E-state index >= 15 is 0 Å². The molecule has 0 spiro atoms. The Morgan fingerprint density at radius 2 is 1.80 bits per heavy atom. The second-order valence-corrected chi connectivity index (χ2v) is 6.47. The molecule has 0 fully saturated rings. The van der Waals surface area contributed by atoms with Crippen LogP contribution >= 0.6 is 11.6 Å². The Kier molecular flexibility index (Phi) is 4.65. The standard InChI is InChI=1S/C14H14ClNO3S/c15-12-4-6-14(7-5-12)20(18,19)16-9-8-11-2-1-3-13(17)10-11/h1-7,10,16-17H,8-9H2. The first-order valence-electron chi connectivity index (χ1n) is 6.00.